The average molecular weight is 260 g/mol. The second kappa shape index (κ2) is 4.58. The summed E-state index contributed by atoms with van der Waals surface area (Å²) in [6.45, 7) is 1.98. The first-order valence-electron chi connectivity index (χ1n) is 4.12. The van der Waals surface area contributed by atoms with Crippen LogP contribution in [-0.4, -0.2) is 37.3 Å². The number of benzene rings is 1. The maximum absolute atomic E-state index is 5.25. The van der Waals surface area contributed by atoms with E-state index in [1.54, 1.807) is 21.3 Å². The Morgan fingerprint density at radius 1 is 1.00 bits per heavy atom. The van der Waals surface area contributed by atoms with Gasteiger partial charge in [-0.25, -0.2) is 0 Å². The molecule has 1 rings (SSSR count). The van der Waals surface area contributed by atoms with Crippen LogP contribution in [0.4, 0.5) is 0 Å². The molecule has 0 saturated heterocycles. The van der Waals surface area contributed by atoms with Gasteiger partial charge in [-0.2, -0.15) is 0 Å². The Kier molecular flexibility index (Phi) is 3.67. The van der Waals surface area contributed by atoms with Crippen LogP contribution in [0.5, 0.6) is 17.2 Å². The van der Waals surface area contributed by atoms with Crippen molar-refractivity contribution in [1.29, 1.82) is 0 Å². The molecule has 0 N–H and O–H groups in total. The van der Waals surface area contributed by atoms with Crippen LogP contribution in [-0.2, 0) is 0 Å². The van der Waals surface area contributed by atoms with Crippen molar-refractivity contribution in [3.05, 3.63) is 11.6 Å². The van der Waals surface area contributed by atoms with Crippen molar-refractivity contribution in [1.82, 2.24) is 0 Å². The number of hydrogen-bond acceptors (Lipinski definition) is 3. The topological polar surface area (TPSA) is 27.7 Å². The van der Waals surface area contributed by atoms with Crippen LogP contribution in [0, 0.1) is 6.92 Å². The van der Waals surface area contributed by atoms with Crippen LogP contribution in [0.1, 0.15) is 5.56 Å². The van der Waals surface area contributed by atoms with Crippen molar-refractivity contribution < 1.29 is 14.2 Å². The summed E-state index contributed by atoms with van der Waals surface area (Å²) in [5.41, 5.74) is 1.07. The van der Waals surface area contributed by atoms with Gasteiger partial charge >= 0.3 is 91.8 Å². The Bertz CT molecular complexity index is 337. The Morgan fingerprint density at radius 3 is 2.00 bits per heavy atom. The molecule has 0 saturated carbocycles. The molecule has 14 heavy (non-hydrogen) atoms. The van der Waals surface area contributed by atoms with Gasteiger partial charge in [-0.3, -0.25) is 0 Å². The van der Waals surface area contributed by atoms with E-state index in [0.29, 0.717) is 17.2 Å². The van der Waals surface area contributed by atoms with Gasteiger partial charge in [0.2, 0.25) is 0 Å². The third-order valence-corrected chi connectivity index (χ3v) is 3.03. The van der Waals surface area contributed by atoms with Crippen LogP contribution in [0.2, 0.25) is 0 Å². The van der Waals surface area contributed by atoms with E-state index in [0.717, 1.165) is 10.0 Å². The van der Waals surface area contributed by atoms with Crippen molar-refractivity contribution in [2.24, 2.45) is 0 Å². The average Bonchev–Trinajstić information content (AvgIpc) is 2.20. The summed E-state index contributed by atoms with van der Waals surface area (Å²) in [6, 6.07) is 1.91. The van der Waals surface area contributed by atoms with E-state index >= 15 is 0 Å². The summed E-state index contributed by atoms with van der Waals surface area (Å²) < 4.78 is 16.6. The molecule has 0 unspecified atom stereocenters. The third-order valence-electron chi connectivity index (χ3n) is 1.97. The Morgan fingerprint density at radius 2 is 1.57 bits per heavy atom. The summed E-state index contributed by atoms with van der Waals surface area (Å²) in [4.78, 5) is 0. The minimum absolute atomic E-state index is 0.620. The fourth-order valence-electron chi connectivity index (χ4n) is 1.25. The van der Waals surface area contributed by atoms with Crippen molar-refractivity contribution in [2.45, 2.75) is 6.92 Å². The van der Waals surface area contributed by atoms with Gasteiger partial charge in [0.15, 0.2) is 0 Å². The first-order valence-corrected chi connectivity index (χ1v) is 4.98. The molecular formula is C10H13O3Se. The molecule has 0 aliphatic carbocycles. The summed E-state index contributed by atoms with van der Waals surface area (Å²) in [6.07, 6.45) is 0. The van der Waals surface area contributed by atoms with Crippen LogP contribution in [0.15, 0.2) is 6.07 Å². The van der Waals surface area contributed by atoms with Crippen molar-refractivity contribution in [3.8, 4) is 17.2 Å². The second-order valence-electron chi connectivity index (χ2n) is 2.79. The van der Waals surface area contributed by atoms with Gasteiger partial charge in [-0.15, -0.1) is 0 Å². The third kappa shape index (κ3) is 1.81. The molecule has 4 heteroatoms. The van der Waals surface area contributed by atoms with Gasteiger partial charge in [-0.1, -0.05) is 0 Å². The van der Waals surface area contributed by atoms with Crippen molar-refractivity contribution in [3.63, 3.8) is 0 Å². The Labute approximate surface area is 92.2 Å². The standard InChI is InChI=1S/C10H13O3Se/c1-6-5-7(11-2)8(12-3)9(13-4)10(6)14/h5H,1-4H3. The van der Waals surface area contributed by atoms with Crippen LogP contribution in [0.25, 0.3) is 0 Å². The van der Waals surface area contributed by atoms with Gasteiger partial charge in [0.25, 0.3) is 0 Å². The molecule has 77 valence electrons. The van der Waals surface area contributed by atoms with E-state index in [2.05, 4.69) is 16.0 Å². The second-order valence-corrected chi connectivity index (χ2v) is 3.65. The first-order chi connectivity index (χ1) is 6.65. The summed E-state index contributed by atoms with van der Waals surface area (Å²) >= 11 is 2.96. The fourth-order valence-corrected chi connectivity index (χ4v) is 1.75. The van der Waals surface area contributed by atoms with Gasteiger partial charge in [0.05, 0.1) is 0 Å². The molecular weight excluding hydrogens is 247 g/mol. The molecule has 0 aliphatic rings. The van der Waals surface area contributed by atoms with Crippen LogP contribution < -0.4 is 18.7 Å². The van der Waals surface area contributed by atoms with Gasteiger partial charge in [0.1, 0.15) is 0 Å². The molecule has 3 nitrogen and oxygen atoms in total. The van der Waals surface area contributed by atoms with Crippen molar-refractivity contribution >= 4 is 20.5 Å². The SMILES string of the molecule is COc1cc(C)c([Se])c(OC)c1OC. The molecule has 0 fully saturated rings. The molecule has 0 atom stereocenters. The molecule has 1 aromatic rings. The minimum atomic E-state index is 0.620. The first kappa shape index (κ1) is 11.2. The molecule has 0 aliphatic heterocycles. The molecule has 0 spiro atoms. The zero-order chi connectivity index (χ0) is 10.7. The van der Waals surface area contributed by atoms with E-state index in [4.69, 9.17) is 14.2 Å². The van der Waals surface area contributed by atoms with Gasteiger partial charge < -0.3 is 0 Å². The molecule has 0 aromatic heterocycles. The molecule has 1 aromatic carbocycles. The van der Waals surface area contributed by atoms with E-state index in [-0.39, 0.29) is 0 Å². The summed E-state index contributed by atoms with van der Waals surface area (Å²) in [5.74, 6) is 1.99. The molecule has 0 amide bonds. The van der Waals surface area contributed by atoms with Crippen LogP contribution >= 0.6 is 0 Å². The number of aryl methyl sites for hydroxylation is 1. The monoisotopic (exact) mass is 261 g/mol. The summed E-state index contributed by atoms with van der Waals surface area (Å²) in [7, 11) is 4.81. The van der Waals surface area contributed by atoms with E-state index in [1.165, 1.54) is 0 Å². The zero-order valence-corrected chi connectivity index (χ0v) is 10.4. The number of methoxy groups -OCH3 is 3. The maximum atomic E-state index is 5.25. The predicted octanol–water partition coefficient (Wildman–Crippen LogP) is 0.815. The van der Waals surface area contributed by atoms with Gasteiger partial charge in [0, 0.05) is 0 Å². The fraction of sp³-hybridized carbons (Fsp3) is 0.400. The van der Waals surface area contributed by atoms with E-state index in [1.807, 2.05) is 13.0 Å². The molecule has 1 radical (unpaired) electrons. The number of hydrogen-bond donors (Lipinski definition) is 0. The van der Waals surface area contributed by atoms with E-state index in [9.17, 15) is 0 Å². The Hall–Kier alpha value is -0.861. The molecule has 0 bridgehead atoms. The predicted molar refractivity (Wildman–Crippen MR) is 56.2 cm³/mol. The van der Waals surface area contributed by atoms with Crippen molar-refractivity contribution in [2.75, 3.05) is 21.3 Å². The van der Waals surface area contributed by atoms with Crippen LogP contribution in [0.3, 0.4) is 0 Å². The van der Waals surface area contributed by atoms with Gasteiger partial charge in [-0.05, 0) is 0 Å². The number of ether oxygens (including phenoxy) is 3. The quantitative estimate of drug-likeness (QED) is 0.753. The number of rotatable bonds is 3. The zero-order valence-electron chi connectivity index (χ0n) is 8.71. The molecule has 0 heterocycles. The summed E-state index contributed by atoms with van der Waals surface area (Å²) in [5, 5.41) is 0. The normalized spacial score (nSPS) is 9.71. The van der Waals surface area contributed by atoms with E-state index < -0.39 is 0 Å². The Balaban J connectivity index is 3.42.